The number of hydrogen-bond acceptors (Lipinski definition) is 3. The summed E-state index contributed by atoms with van der Waals surface area (Å²) in [4.78, 5) is 4.02. The van der Waals surface area contributed by atoms with Crippen molar-refractivity contribution in [3.05, 3.63) is 35.9 Å². The molecule has 21 heavy (non-hydrogen) atoms. The van der Waals surface area contributed by atoms with Crippen LogP contribution in [0.2, 0.25) is 5.02 Å². The average molecular weight is 305 g/mol. The van der Waals surface area contributed by atoms with Gasteiger partial charge in [0.25, 0.3) is 0 Å². The fraction of sp³-hybridized carbons (Fsp3) is 0.500. The third kappa shape index (κ3) is 3.21. The molecule has 0 bridgehead atoms. The molecule has 1 aliphatic carbocycles. The molecule has 0 radical (unpaired) electrons. The Kier molecular flexibility index (Phi) is 4.15. The molecule has 0 spiro atoms. The molecule has 1 heterocycles. The summed E-state index contributed by atoms with van der Waals surface area (Å²) in [6.45, 7) is 4.67. The maximum atomic E-state index is 6.17. The van der Waals surface area contributed by atoms with Gasteiger partial charge >= 0.3 is 0 Å². The fourth-order valence-corrected chi connectivity index (χ4v) is 3.41. The van der Waals surface area contributed by atoms with Gasteiger partial charge in [0.15, 0.2) is 0 Å². The molecular weight excluding hydrogens is 284 g/mol. The van der Waals surface area contributed by atoms with Gasteiger partial charge in [-0.15, -0.1) is 0 Å². The number of halogens is 1. The van der Waals surface area contributed by atoms with E-state index in [-0.39, 0.29) is 0 Å². The monoisotopic (exact) mass is 304 g/mol. The Morgan fingerprint density at radius 1 is 1.29 bits per heavy atom. The summed E-state index contributed by atoms with van der Waals surface area (Å²) in [7, 11) is 0. The number of hydrogen-bond donors (Lipinski definition) is 1. The van der Waals surface area contributed by atoms with E-state index in [1.54, 1.807) is 17.3 Å². The topological polar surface area (TPSA) is 42.7 Å². The summed E-state index contributed by atoms with van der Waals surface area (Å²) in [6.07, 6.45) is 7.01. The van der Waals surface area contributed by atoms with Crippen LogP contribution in [0.25, 0.3) is 5.69 Å². The molecule has 1 aromatic heterocycles. The SMILES string of the molecule is CC1CCC(Nc2cc(Cl)ccc2-n2cncn2)C(C)C1. The van der Waals surface area contributed by atoms with Crippen molar-refractivity contribution in [3.8, 4) is 5.69 Å². The van der Waals surface area contributed by atoms with Crippen LogP contribution in [0.1, 0.15) is 33.1 Å². The van der Waals surface area contributed by atoms with Crippen molar-refractivity contribution >= 4 is 17.3 Å². The van der Waals surface area contributed by atoms with E-state index in [1.807, 2.05) is 18.2 Å². The molecule has 3 rings (SSSR count). The zero-order valence-corrected chi connectivity index (χ0v) is 13.2. The van der Waals surface area contributed by atoms with E-state index < -0.39 is 0 Å². The van der Waals surface area contributed by atoms with E-state index in [4.69, 9.17) is 11.6 Å². The van der Waals surface area contributed by atoms with Crippen molar-refractivity contribution < 1.29 is 0 Å². The minimum atomic E-state index is 0.488. The molecule has 1 N–H and O–H groups in total. The molecular formula is C16H21ClN4. The summed E-state index contributed by atoms with van der Waals surface area (Å²) < 4.78 is 1.77. The second kappa shape index (κ2) is 6.06. The van der Waals surface area contributed by atoms with E-state index in [1.165, 1.54) is 19.3 Å². The quantitative estimate of drug-likeness (QED) is 0.926. The largest absolute Gasteiger partial charge is 0.380 e. The summed E-state index contributed by atoms with van der Waals surface area (Å²) >= 11 is 6.17. The highest BCUT2D eigenvalue weighted by atomic mass is 35.5. The normalized spacial score (nSPS) is 25.8. The Labute approximate surface area is 130 Å². The highest BCUT2D eigenvalue weighted by molar-refractivity contribution is 6.31. The molecule has 1 aliphatic rings. The van der Waals surface area contributed by atoms with Gasteiger partial charge in [-0.3, -0.25) is 0 Å². The van der Waals surface area contributed by atoms with Gasteiger partial charge in [-0.2, -0.15) is 5.10 Å². The minimum Gasteiger partial charge on any atom is -0.380 e. The molecule has 2 aromatic rings. The minimum absolute atomic E-state index is 0.488. The van der Waals surface area contributed by atoms with Crippen LogP contribution in [0, 0.1) is 11.8 Å². The second-order valence-corrected chi connectivity index (χ2v) is 6.58. The maximum absolute atomic E-state index is 6.17. The molecule has 5 heteroatoms. The van der Waals surface area contributed by atoms with E-state index >= 15 is 0 Å². The number of anilines is 1. The Hall–Kier alpha value is -1.55. The third-order valence-corrected chi connectivity index (χ3v) is 4.63. The van der Waals surface area contributed by atoms with Crippen molar-refractivity contribution in [2.75, 3.05) is 5.32 Å². The van der Waals surface area contributed by atoms with Gasteiger partial charge < -0.3 is 5.32 Å². The van der Waals surface area contributed by atoms with Crippen LogP contribution in [0.5, 0.6) is 0 Å². The Bertz CT molecular complexity index is 596. The molecule has 0 amide bonds. The standard InChI is InChI=1S/C16H21ClN4/c1-11-3-5-14(12(2)7-11)20-15-8-13(17)4-6-16(15)21-10-18-9-19-21/h4,6,8-12,14,20H,3,5,7H2,1-2H3. The highest BCUT2D eigenvalue weighted by Crippen LogP contribution is 2.33. The molecule has 0 aliphatic heterocycles. The van der Waals surface area contributed by atoms with E-state index in [2.05, 4.69) is 29.2 Å². The van der Waals surface area contributed by atoms with Gasteiger partial charge in [-0.05, 0) is 49.3 Å². The summed E-state index contributed by atoms with van der Waals surface area (Å²) in [5.41, 5.74) is 2.02. The van der Waals surface area contributed by atoms with Crippen molar-refractivity contribution in [1.82, 2.24) is 14.8 Å². The summed E-state index contributed by atoms with van der Waals surface area (Å²) in [5, 5.41) is 8.63. The van der Waals surface area contributed by atoms with Crippen molar-refractivity contribution in [3.63, 3.8) is 0 Å². The first-order chi connectivity index (χ1) is 10.1. The number of aromatic nitrogens is 3. The fourth-order valence-electron chi connectivity index (χ4n) is 3.24. The van der Waals surface area contributed by atoms with Gasteiger partial charge in [0.05, 0.1) is 11.4 Å². The van der Waals surface area contributed by atoms with E-state index in [9.17, 15) is 0 Å². The lowest BCUT2D eigenvalue weighted by atomic mass is 9.80. The van der Waals surface area contributed by atoms with E-state index in [0.29, 0.717) is 12.0 Å². The lowest BCUT2D eigenvalue weighted by molar-refractivity contribution is 0.276. The Balaban J connectivity index is 1.86. The van der Waals surface area contributed by atoms with Crippen LogP contribution in [-0.2, 0) is 0 Å². The molecule has 1 fully saturated rings. The van der Waals surface area contributed by atoms with Crippen LogP contribution in [0.4, 0.5) is 5.69 Å². The number of rotatable bonds is 3. The van der Waals surface area contributed by atoms with Crippen LogP contribution in [0.3, 0.4) is 0 Å². The summed E-state index contributed by atoms with van der Waals surface area (Å²) in [5.74, 6) is 1.49. The van der Waals surface area contributed by atoms with Crippen LogP contribution < -0.4 is 5.32 Å². The third-order valence-electron chi connectivity index (χ3n) is 4.40. The van der Waals surface area contributed by atoms with Gasteiger partial charge in [0, 0.05) is 11.1 Å². The molecule has 3 atom stereocenters. The first-order valence-electron chi connectivity index (χ1n) is 7.54. The van der Waals surface area contributed by atoms with Crippen molar-refractivity contribution in [1.29, 1.82) is 0 Å². The van der Waals surface area contributed by atoms with Gasteiger partial charge in [0.1, 0.15) is 12.7 Å². The molecule has 4 nitrogen and oxygen atoms in total. The van der Waals surface area contributed by atoms with Gasteiger partial charge in [-0.1, -0.05) is 25.4 Å². The molecule has 0 saturated heterocycles. The van der Waals surface area contributed by atoms with Crippen LogP contribution >= 0.6 is 11.6 Å². The zero-order chi connectivity index (χ0) is 14.8. The van der Waals surface area contributed by atoms with E-state index in [0.717, 1.165) is 22.3 Å². The van der Waals surface area contributed by atoms with Gasteiger partial charge in [-0.25, -0.2) is 9.67 Å². The molecule has 1 aromatic carbocycles. The maximum Gasteiger partial charge on any atom is 0.138 e. The predicted molar refractivity (Wildman–Crippen MR) is 86.0 cm³/mol. The lowest BCUT2D eigenvalue weighted by Crippen LogP contribution is -2.33. The molecule has 112 valence electrons. The lowest BCUT2D eigenvalue weighted by Gasteiger charge is -2.34. The summed E-state index contributed by atoms with van der Waals surface area (Å²) in [6, 6.07) is 6.33. The van der Waals surface area contributed by atoms with Crippen LogP contribution in [-0.4, -0.2) is 20.8 Å². The Morgan fingerprint density at radius 2 is 2.14 bits per heavy atom. The molecule has 3 unspecified atom stereocenters. The first kappa shape index (κ1) is 14.4. The second-order valence-electron chi connectivity index (χ2n) is 6.15. The number of benzene rings is 1. The zero-order valence-electron chi connectivity index (χ0n) is 12.5. The van der Waals surface area contributed by atoms with Crippen molar-refractivity contribution in [2.45, 2.75) is 39.2 Å². The predicted octanol–water partition coefficient (Wildman–Crippen LogP) is 4.16. The Morgan fingerprint density at radius 3 is 2.86 bits per heavy atom. The highest BCUT2D eigenvalue weighted by Gasteiger charge is 2.25. The molecule has 1 saturated carbocycles. The van der Waals surface area contributed by atoms with Crippen molar-refractivity contribution in [2.24, 2.45) is 11.8 Å². The van der Waals surface area contributed by atoms with Gasteiger partial charge in [0.2, 0.25) is 0 Å². The first-order valence-corrected chi connectivity index (χ1v) is 7.92. The number of nitrogens with zero attached hydrogens (tertiary/aromatic N) is 3. The smallest absolute Gasteiger partial charge is 0.138 e. The average Bonchev–Trinajstić information content (AvgIpc) is 2.96. The number of nitrogens with one attached hydrogen (secondary N) is 1. The van der Waals surface area contributed by atoms with Crippen LogP contribution in [0.15, 0.2) is 30.9 Å².